The van der Waals surface area contributed by atoms with Crippen molar-refractivity contribution in [2.75, 3.05) is 13.1 Å². The van der Waals surface area contributed by atoms with Crippen LogP contribution in [0.4, 0.5) is 0 Å². The van der Waals surface area contributed by atoms with Gasteiger partial charge >= 0.3 is 0 Å². The van der Waals surface area contributed by atoms with E-state index in [1.165, 1.54) is 0 Å². The summed E-state index contributed by atoms with van der Waals surface area (Å²) in [4.78, 5) is 8.85. The SMILES string of the molecule is CCNC(=NCc1ccc(OC(C)C)nc1)NCC(C)(O)c1ccsc1. The third-order valence-corrected chi connectivity index (χ3v) is 4.34. The Hall–Kier alpha value is -2.12. The summed E-state index contributed by atoms with van der Waals surface area (Å²) in [7, 11) is 0. The van der Waals surface area contributed by atoms with E-state index in [9.17, 15) is 5.11 Å². The lowest BCUT2D eigenvalue weighted by molar-refractivity contribution is 0.0621. The highest BCUT2D eigenvalue weighted by atomic mass is 32.1. The Labute approximate surface area is 159 Å². The fourth-order valence-corrected chi connectivity index (χ4v) is 3.04. The van der Waals surface area contributed by atoms with Crippen molar-refractivity contribution < 1.29 is 9.84 Å². The monoisotopic (exact) mass is 376 g/mol. The van der Waals surface area contributed by atoms with Crippen LogP contribution in [0.2, 0.25) is 0 Å². The number of thiophene rings is 1. The lowest BCUT2D eigenvalue weighted by atomic mass is 9.99. The molecule has 1 unspecified atom stereocenters. The van der Waals surface area contributed by atoms with Crippen molar-refractivity contribution in [1.29, 1.82) is 0 Å². The van der Waals surface area contributed by atoms with E-state index < -0.39 is 5.60 Å². The zero-order chi connectivity index (χ0) is 19.0. The second-order valence-electron chi connectivity index (χ2n) is 6.51. The molecule has 0 saturated heterocycles. The minimum atomic E-state index is -0.951. The van der Waals surface area contributed by atoms with Crippen molar-refractivity contribution in [1.82, 2.24) is 15.6 Å². The summed E-state index contributed by atoms with van der Waals surface area (Å²) in [6.07, 6.45) is 1.87. The van der Waals surface area contributed by atoms with E-state index in [1.807, 2.05) is 49.7 Å². The van der Waals surface area contributed by atoms with Gasteiger partial charge in [-0.1, -0.05) is 6.07 Å². The van der Waals surface area contributed by atoms with E-state index in [-0.39, 0.29) is 6.10 Å². The molecule has 0 radical (unpaired) electrons. The standard InChI is InChI=1S/C19H28N4O2S/c1-5-20-18(23-13-19(4,24)16-8-9-26-12-16)22-11-15-6-7-17(21-10-15)25-14(2)3/h6-10,12,14,24H,5,11,13H2,1-4H3,(H2,20,22,23). The first kappa shape index (κ1) is 20.2. The zero-order valence-corrected chi connectivity index (χ0v) is 16.6. The normalized spacial score (nSPS) is 14.2. The number of aromatic nitrogens is 1. The van der Waals surface area contributed by atoms with Crippen molar-refractivity contribution >= 4 is 17.3 Å². The summed E-state index contributed by atoms with van der Waals surface area (Å²) < 4.78 is 5.55. The topological polar surface area (TPSA) is 78.8 Å². The number of pyridine rings is 1. The maximum absolute atomic E-state index is 10.6. The molecule has 0 fully saturated rings. The maximum Gasteiger partial charge on any atom is 0.213 e. The molecule has 2 rings (SSSR count). The number of hydrogen-bond donors (Lipinski definition) is 3. The lowest BCUT2D eigenvalue weighted by Gasteiger charge is -2.24. The molecule has 0 aliphatic carbocycles. The van der Waals surface area contributed by atoms with Gasteiger partial charge in [-0.2, -0.15) is 11.3 Å². The molecular formula is C19H28N4O2S. The molecule has 0 aliphatic rings. The smallest absolute Gasteiger partial charge is 0.213 e. The number of aliphatic hydroxyl groups is 1. The molecule has 0 aromatic carbocycles. The number of guanidine groups is 1. The molecule has 2 aromatic heterocycles. The quantitative estimate of drug-likeness (QED) is 0.488. The predicted molar refractivity (Wildman–Crippen MR) is 107 cm³/mol. The fourth-order valence-electron chi connectivity index (χ4n) is 2.26. The Morgan fingerprint density at radius 1 is 1.35 bits per heavy atom. The van der Waals surface area contributed by atoms with Crippen LogP contribution in [-0.2, 0) is 12.1 Å². The second kappa shape index (κ2) is 9.54. The lowest BCUT2D eigenvalue weighted by Crippen LogP contribution is -2.44. The van der Waals surface area contributed by atoms with Gasteiger partial charge in [0.05, 0.1) is 19.2 Å². The summed E-state index contributed by atoms with van der Waals surface area (Å²) in [6.45, 7) is 9.35. The van der Waals surface area contributed by atoms with E-state index in [0.29, 0.717) is 24.9 Å². The predicted octanol–water partition coefficient (Wildman–Crippen LogP) is 2.89. The van der Waals surface area contributed by atoms with Crippen LogP contribution in [-0.4, -0.2) is 35.2 Å². The number of ether oxygens (including phenoxy) is 1. The average molecular weight is 377 g/mol. The summed E-state index contributed by atoms with van der Waals surface area (Å²) in [5.41, 5.74) is 0.937. The van der Waals surface area contributed by atoms with Gasteiger partial charge in [0.2, 0.25) is 5.88 Å². The van der Waals surface area contributed by atoms with Gasteiger partial charge in [-0.3, -0.25) is 0 Å². The first-order chi connectivity index (χ1) is 12.4. The van der Waals surface area contributed by atoms with Gasteiger partial charge in [-0.15, -0.1) is 0 Å². The van der Waals surface area contributed by atoms with Crippen LogP contribution in [0, 0.1) is 0 Å². The van der Waals surface area contributed by atoms with Crippen molar-refractivity contribution in [2.24, 2.45) is 4.99 Å². The third kappa shape index (κ3) is 6.31. The minimum Gasteiger partial charge on any atom is -0.475 e. The molecule has 26 heavy (non-hydrogen) atoms. The molecule has 142 valence electrons. The minimum absolute atomic E-state index is 0.104. The molecule has 1 atom stereocenters. The number of nitrogens with zero attached hydrogens (tertiary/aromatic N) is 2. The van der Waals surface area contributed by atoms with Crippen LogP contribution in [0.25, 0.3) is 0 Å². The van der Waals surface area contributed by atoms with E-state index >= 15 is 0 Å². The van der Waals surface area contributed by atoms with Crippen LogP contribution in [0.5, 0.6) is 5.88 Å². The molecule has 0 aliphatic heterocycles. The molecule has 0 spiro atoms. The number of aliphatic imine (C=N–C) groups is 1. The Kier molecular flexibility index (Phi) is 7.41. The zero-order valence-electron chi connectivity index (χ0n) is 15.8. The van der Waals surface area contributed by atoms with Crippen LogP contribution in [0.15, 0.2) is 40.1 Å². The van der Waals surface area contributed by atoms with Crippen molar-refractivity contribution in [3.8, 4) is 5.88 Å². The van der Waals surface area contributed by atoms with Gasteiger partial charge in [0.15, 0.2) is 5.96 Å². The molecule has 0 saturated carbocycles. The summed E-state index contributed by atoms with van der Waals surface area (Å²) >= 11 is 1.57. The van der Waals surface area contributed by atoms with Crippen LogP contribution >= 0.6 is 11.3 Å². The summed E-state index contributed by atoms with van der Waals surface area (Å²) in [6, 6.07) is 5.74. The highest BCUT2D eigenvalue weighted by molar-refractivity contribution is 7.08. The molecule has 2 aromatic rings. The van der Waals surface area contributed by atoms with Crippen molar-refractivity contribution in [2.45, 2.75) is 45.9 Å². The average Bonchev–Trinajstić information content (AvgIpc) is 3.14. The van der Waals surface area contributed by atoms with Gasteiger partial charge in [0.25, 0.3) is 0 Å². The third-order valence-electron chi connectivity index (χ3n) is 3.66. The number of hydrogen-bond acceptors (Lipinski definition) is 5. The van der Waals surface area contributed by atoms with Crippen LogP contribution in [0.1, 0.15) is 38.8 Å². The van der Waals surface area contributed by atoms with Gasteiger partial charge in [0.1, 0.15) is 5.60 Å². The van der Waals surface area contributed by atoms with E-state index in [1.54, 1.807) is 24.5 Å². The highest BCUT2D eigenvalue weighted by Crippen LogP contribution is 2.21. The van der Waals surface area contributed by atoms with Gasteiger partial charge in [-0.05, 0) is 55.6 Å². The van der Waals surface area contributed by atoms with E-state index in [0.717, 1.165) is 17.7 Å². The van der Waals surface area contributed by atoms with Crippen molar-refractivity contribution in [3.63, 3.8) is 0 Å². The van der Waals surface area contributed by atoms with Gasteiger partial charge in [0, 0.05) is 18.8 Å². The Morgan fingerprint density at radius 2 is 2.15 bits per heavy atom. The van der Waals surface area contributed by atoms with Crippen LogP contribution in [0.3, 0.4) is 0 Å². The Morgan fingerprint density at radius 3 is 2.73 bits per heavy atom. The summed E-state index contributed by atoms with van der Waals surface area (Å²) in [5.74, 6) is 1.27. The number of nitrogens with one attached hydrogen (secondary N) is 2. The maximum atomic E-state index is 10.6. The molecule has 0 bridgehead atoms. The largest absolute Gasteiger partial charge is 0.475 e. The summed E-state index contributed by atoms with van der Waals surface area (Å²) in [5, 5.41) is 20.9. The van der Waals surface area contributed by atoms with E-state index in [4.69, 9.17) is 4.74 Å². The molecule has 7 heteroatoms. The fraction of sp³-hybridized carbons (Fsp3) is 0.474. The first-order valence-corrected chi connectivity index (χ1v) is 9.74. The first-order valence-electron chi connectivity index (χ1n) is 8.79. The molecule has 0 amide bonds. The molecule has 6 nitrogen and oxygen atoms in total. The highest BCUT2D eigenvalue weighted by Gasteiger charge is 2.23. The Bertz CT molecular complexity index is 682. The van der Waals surface area contributed by atoms with Crippen LogP contribution < -0.4 is 15.4 Å². The number of rotatable bonds is 8. The second-order valence-corrected chi connectivity index (χ2v) is 7.29. The van der Waals surface area contributed by atoms with Gasteiger partial charge < -0.3 is 20.5 Å². The molecule has 2 heterocycles. The van der Waals surface area contributed by atoms with E-state index in [2.05, 4.69) is 20.6 Å². The Balaban J connectivity index is 1.95. The molecule has 3 N–H and O–H groups in total. The van der Waals surface area contributed by atoms with Gasteiger partial charge in [-0.25, -0.2) is 9.98 Å². The molecular weight excluding hydrogens is 348 g/mol. The van der Waals surface area contributed by atoms with Crippen molar-refractivity contribution in [3.05, 3.63) is 46.3 Å².